The van der Waals surface area contributed by atoms with Gasteiger partial charge in [-0.25, -0.2) is 0 Å². The molecule has 0 bridgehead atoms. The van der Waals surface area contributed by atoms with Crippen LogP contribution in [0.3, 0.4) is 0 Å². The van der Waals surface area contributed by atoms with Crippen molar-refractivity contribution in [2.45, 2.75) is 114 Å². The van der Waals surface area contributed by atoms with Gasteiger partial charge in [0.2, 0.25) is 0 Å². The predicted octanol–water partition coefficient (Wildman–Crippen LogP) is 8.11. The lowest BCUT2D eigenvalue weighted by atomic mass is 9.98. The van der Waals surface area contributed by atoms with Gasteiger partial charge in [-0.1, -0.05) is 101 Å². The quantitative estimate of drug-likeness (QED) is 0.443. The molecule has 0 amide bonds. The number of hydrogen-bond acceptors (Lipinski definition) is 0. The first-order chi connectivity index (χ1) is 9.69. The smallest absolute Gasteiger partial charge is 0.0380 e. The summed E-state index contributed by atoms with van der Waals surface area (Å²) in [6.45, 7) is 19.3. The monoisotopic (exact) mass is 286 g/mol. The standard InChI is InChI=1S/C13H26.C3H8.2C2H6/c1-4-6-8-12-10-13(12)9-11(3)7-5-2;1-3-2;2*1-2/h11-13H,4-10H2,1-3H3;3H2,1-2H3;2*1-2H3. The zero-order valence-corrected chi connectivity index (χ0v) is 16.4. The summed E-state index contributed by atoms with van der Waals surface area (Å²) in [7, 11) is 0. The Kier molecular flexibility index (Phi) is 26.6. The van der Waals surface area contributed by atoms with Gasteiger partial charge in [-0.2, -0.15) is 0 Å². The molecule has 3 unspecified atom stereocenters. The van der Waals surface area contributed by atoms with Crippen molar-refractivity contribution >= 4 is 0 Å². The molecule has 20 heavy (non-hydrogen) atoms. The molecule has 1 fully saturated rings. The second-order valence-corrected chi connectivity index (χ2v) is 5.73. The van der Waals surface area contributed by atoms with E-state index < -0.39 is 0 Å². The van der Waals surface area contributed by atoms with Crippen LogP contribution in [0.2, 0.25) is 0 Å². The Bertz CT molecular complexity index is 139. The molecule has 0 nitrogen and oxygen atoms in total. The molecule has 0 aromatic rings. The first kappa shape index (κ1) is 25.0. The van der Waals surface area contributed by atoms with E-state index in [2.05, 4.69) is 34.6 Å². The summed E-state index contributed by atoms with van der Waals surface area (Å²) in [5.74, 6) is 3.23. The zero-order valence-electron chi connectivity index (χ0n) is 16.4. The molecule has 0 aromatic heterocycles. The van der Waals surface area contributed by atoms with Crippen LogP contribution in [-0.4, -0.2) is 0 Å². The first-order valence-corrected chi connectivity index (χ1v) is 9.69. The summed E-state index contributed by atoms with van der Waals surface area (Å²) in [5.41, 5.74) is 0. The van der Waals surface area contributed by atoms with Crippen molar-refractivity contribution in [3.05, 3.63) is 0 Å². The fraction of sp³-hybridized carbons (Fsp3) is 1.00. The van der Waals surface area contributed by atoms with Gasteiger partial charge < -0.3 is 0 Å². The highest BCUT2D eigenvalue weighted by Gasteiger charge is 2.36. The molecule has 0 heterocycles. The van der Waals surface area contributed by atoms with Crippen LogP contribution in [0.4, 0.5) is 0 Å². The van der Waals surface area contributed by atoms with Crippen LogP contribution in [-0.2, 0) is 0 Å². The first-order valence-electron chi connectivity index (χ1n) is 9.69. The fourth-order valence-electron chi connectivity index (χ4n) is 2.55. The fourth-order valence-corrected chi connectivity index (χ4v) is 2.55. The molecule has 1 aliphatic carbocycles. The van der Waals surface area contributed by atoms with E-state index in [9.17, 15) is 0 Å². The van der Waals surface area contributed by atoms with Gasteiger partial charge >= 0.3 is 0 Å². The second kappa shape index (κ2) is 21.3. The van der Waals surface area contributed by atoms with Crippen LogP contribution in [0.1, 0.15) is 114 Å². The van der Waals surface area contributed by atoms with Crippen LogP contribution in [0.15, 0.2) is 0 Å². The van der Waals surface area contributed by atoms with Gasteiger partial charge in [0.05, 0.1) is 0 Å². The third-order valence-corrected chi connectivity index (χ3v) is 3.48. The van der Waals surface area contributed by atoms with Crippen LogP contribution < -0.4 is 0 Å². The normalized spacial score (nSPS) is 20.2. The largest absolute Gasteiger partial charge is 0.0683 e. The van der Waals surface area contributed by atoms with E-state index in [0.29, 0.717) is 0 Å². The summed E-state index contributed by atoms with van der Waals surface area (Å²) in [6, 6.07) is 0. The highest BCUT2D eigenvalue weighted by Crippen LogP contribution is 2.46. The van der Waals surface area contributed by atoms with E-state index in [0.717, 1.165) is 17.8 Å². The summed E-state index contributed by atoms with van der Waals surface area (Å²) in [6.07, 6.45) is 11.5. The SMILES string of the molecule is CC.CC.CCC.CCCCC1CC1CC(C)CCC. The van der Waals surface area contributed by atoms with Crippen LogP contribution >= 0.6 is 0 Å². The van der Waals surface area contributed by atoms with Crippen molar-refractivity contribution in [2.24, 2.45) is 17.8 Å². The molecule has 0 saturated heterocycles. The lowest BCUT2D eigenvalue weighted by molar-refractivity contribution is 0.435. The molecule has 126 valence electrons. The van der Waals surface area contributed by atoms with E-state index in [1.54, 1.807) is 6.42 Å². The predicted molar refractivity (Wildman–Crippen MR) is 98.5 cm³/mol. The summed E-state index contributed by atoms with van der Waals surface area (Å²) >= 11 is 0. The maximum Gasteiger partial charge on any atom is -0.0380 e. The Balaban J connectivity index is -0.000000355. The molecule has 0 radical (unpaired) electrons. The van der Waals surface area contributed by atoms with E-state index in [1.807, 2.05) is 27.7 Å². The summed E-state index contributed by atoms with van der Waals surface area (Å²) in [4.78, 5) is 0. The molecule has 0 spiro atoms. The van der Waals surface area contributed by atoms with Gasteiger partial charge in [0.25, 0.3) is 0 Å². The Morgan fingerprint density at radius 1 is 0.850 bits per heavy atom. The van der Waals surface area contributed by atoms with Gasteiger partial charge in [0.15, 0.2) is 0 Å². The highest BCUT2D eigenvalue weighted by atomic mass is 14.4. The Morgan fingerprint density at radius 3 is 1.75 bits per heavy atom. The maximum absolute atomic E-state index is 2.43. The van der Waals surface area contributed by atoms with Crippen molar-refractivity contribution in [3.8, 4) is 0 Å². The van der Waals surface area contributed by atoms with Gasteiger partial charge in [0, 0.05) is 0 Å². The molecular formula is C20H46. The molecule has 1 aliphatic rings. The third kappa shape index (κ3) is 18.0. The van der Waals surface area contributed by atoms with Gasteiger partial charge in [-0.3, -0.25) is 0 Å². The zero-order chi connectivity index (χ0) is 16.4. The highest BCUT2D eigenvalue weighted by molar-refractivity contribution is 4.86. The number of unbranched alkanes of at least 4 members (excludes halogenated alkanes) is 1. The average Bonchev–Trinajstić information content (AvgIpc) is 3.20. The van der Waals surface area contributed by atoms with Gasteiger partial charge in [0.1, 0.15) is 0 Å². The van der Waals surface area contributed by atoms with Crippen LogP contribution in [0, 0.1) is 17.8 Å². The summed E-state index contributed by atoms with van der Waals surface area (Å²) < 4.78 is 0. The Morgan fingerprint density at radius 2 is 1.35 bits per heavy atom. The van der Waals surface area contributed by atoms with Crippen molar-refractivity contribution in [1.82, 2.24) is 0 Å². The molecule has 0 aliphatic heterocycles. The van der Waals surface area contributed by atoms with Crippen LogP contribution in [0.5, 0.6) is 0 Å². The van der Waals surface area contributed by atoms with Crippen molar-refractivity contribution in [2.75, 3.05) is 0 Å². The van der Waals surface area contributed by atoms with E-state index in [1.165, 1.54) is 44.9 Å². The molecule has 3 atom stereocenters. The number of rotatable bonds is 7. The molecular weight excluding hydrogens is 240 g/mol. The topological polar surface area (TPSA) is 0 Å². The van der Waals surface area contributed by atoms with Crippen molar-refractivity contribution < 1.29 is 0 Å². The van der Waals surface area contributed by atoms with E-state index in [-0.39, 0.29) is 0 Å². The maximum atomic E-state index is 2.43. The molecule has 1 rings (SSSR count). The lowest BCUT2D eigenvalue weighted by Crippen LogP contribution is -1.96. The lowest BCUT2D eigenvalue weighted by Gasteiger charge is -2.08. The van der Waals surface area contributed by atoms with Gasteiger partial charge in [-0.05, 0) is 30.6 Å². The Hall–Kier alpha value is 0. The molecule has 0 heteroatoms. The summed E-state index contributed by atoms with van der Waals surface area (Å²) in [5, 5.41) is 0. The van der Waals surface area contributed by atoms with Gasteiger partial charge in [-0.15, -0.1) is 0 Å². The second-order valence-electron chi connectivity index (χ2n) is 5.73. The minimum Gasteiger partial charge on any atom is -0.0683 e. The molecule has 0 aromatic carbocycles. The van der Waals surface area contributed by atoms with E-state index in [4.69, 9.17) is 0 Å². The number of hydrogen-bond donors (Lipinski definition) is 0. The van der Waals surface area contributed by atoms with Crippen molar-refractivity contribution in [3.63, 3.8) is 0 Å². The average molecular weight is 287 g/mol. The molecule has 0 N–H and O–H groups in total. The van der Waals surface area contributed by atoms with Crippen LogP contribution in [0.25, 0.3) is 0 Å². The third-order valence-electron chi connectivity index (χ3n) is 3.48. The Labute approximate surface area is 132 Å². The minimum absolute atomic E-state index is 0.988. The van der Waals surface area contributed by atoms with E-state index >= 15 is 0 Å². The van der Waals surface area contributed by atoms with Crippen molar-refractivity contribution in [1.29, 1.82) is 0 Å². The molecule has 1 saturated carbocycles. The minimum atomic E-state index is 0.988.